The fourth-order valence-corrected chi connectivity index (χ4v) is 2.49. The van der Waals surface area contributed by atoms with E-state index in [-0.39, 0.29) is 0 Å². The van der Waals surface area contributed by atoms with Gasteiger partial charge < -0.3 is 5.32 Å². The lowest BCUT2D eigenvalue weighted by Crippen LogP contribution is -2.27. The Morgan fingerprint density at radius 2 is 2.09 bits per heavy atom. The molecule has 0 atom stereocenters. The normalized spacial score (nSPS) is 10.2. The molecule has 4 nitrogen and oxygen atoms in total. The van der Waals surface area contributed by atoms with Gasteiger partial charge in [-0.2, -0.15) is 5.10 Å². The smallest absolute Gasteiger partial charge is 0.123 e. The zero-order valence-electron chi connectivity index (χ0n) is 13.9. The monoisotopic (exact) mass is 308 g/mol. The Morgan fingerprint density at radius 1 is 1.30 bits per heavy atom. The van der Waals surface area contributed by atoms with E-state index in [1.807, 2.05) is 12.1 Å². The van der Waals surface area contributed by atoms with E-state index < -0.39 is 0 Å². The van der Waals surface area contributed by atoms with Crippen LogP contribution in [0, 0.1) is 11.8 Å². The molecule has 0 aliphatic heterocycles. The molecule has 2 rings (SSSR count). The van der Waals surface area contributed by atoms with E-state index in [4.69, 9.17) is 0 Å². The van der Waals surface area contributed by atoms with Gasteiger partial charge in [-0.25, -0.2) is 0 Å². The minimum Gasteiger partial charge on any atom is -0.381 e. The molecule has 0 aromatic carbocycles. The lowest BCUT2D eigenvalue weighted by atomic mass is 10.1. The van der Waals surface area contributed by atoms with E-state index in [0.29, 0.717) is 6.04 Å². The van der Waals surface area contributed by atoms with Gasteiger partial charge in [-0.1, -0.05) is 45.1 Å². The minimum atomic E-state index is 0.438. The molecule has 23 heavy (non-hydrogen) atoms. The summed E-state index contributed by atoms with van der Waals surface area (Å²) in [6, 6.07) is 4.25. The van der Waals surface area contributed by atoms with Crippen LogP contribution in [0.15, 0.2) is 37.3 Å². The molecule has 0 aliphatic carbocycles. The Hall–Kier alpha value is -2.54. The maximum absolute atomic E-state index is 4.30. The number of nitrogens with zero attached hydrogens (tertiary/aromatic N) is 2. The first kappa shape index (κ1) is 16.8. The summed E-state index contributed by atoms with van der Waals surface area (Å²) in [4.78, 5) is 4.07. The first-order valence-electron chi connectivity index (χ1n) is 8.16. The van der Waals surface area contributed by atoms with Crippen LogP contribution in [-0.2, 0) is 0 Å². The highest BCUT2D eigenvalue weighted by atomic mass is 15.1. The van der Waals surface area contributed by atoms with Crippen molar-refractivity contribution in [2.45, 2.75) is 45.6 Å². The molecule has 0 saturated heterocycles. The van der Waals surface area contributed by atoms with Gasteiger partial charge in [-0.05, 0) is 25.0 Å². The molecular weight excluding hydrogens is 284 g/mol. The minimum absolute atomic E-state index is 0.438. The van der Waals surface area contributed by atoms with Crippen LogP contribution in [0.4, 0.5) is 0 Å². The highest BCUT2D eigenvalue weighted by Gasteiger charge is 2.12. The van der Waals surface area contributed by atoms with Crippen molar-refractivity contribution < 1.29 is 0 Å². The van der Waals surface area contributed by atoms with E-state index in [9.17, 15) is 0 Å². The van der Waals surface area contributed by atoms with Crippen molar-refractivity contribution in [1.82, 2.24) is 20.5 Å². The van der Waals surface area contributed by atoms with Gasteiger partial charge in [-0.15, -0.1) is 0 Å². The molecule has 4 heteroatoms. The largest absolute Gasteiger partial charge is 0.381 e. The Morgan fingerprint density at radius 3 is 2.74 bits per heavy atom. The summed E-state index contributed by atoms with van der Waals surface area (Å²) in [6.07, 6.45) is 9.86. The number of aromatic nitrogens is 3. The average molecular weight is 308 g/mol. The van der Waals surface area contributed by atoms with Crippen LogP contribution in [0.25, 0.3) is 5.70 Å². The van der Waals surface area contributed by atoms with Gasteiger partial charge in [0.2, 0.25) is 0 Å². The first-order valence-corrected chi connectivity index (χ1v) is 8.16. The average Bonchev–Trinajstić information content (AvgIpc) is 3.03. The summed E-state index contributed by atoms with van der Waals surface area (Å²) >= 11 is 0. The lowest BCUT2D eigenvalue weighted by molar-refractivity contribution is 0.501. The van der Waals surface area contributed by atoms with Crippen molar-refractivity contribution in [3.63, 3.8) is 0 Å². The van der Waals surface area contributed by atoms with Crippen molar-refractivity contribution in [2.75, 3.05) is 0 Å². The molecule has 2 aromatic rings. The van der Waals surface area contributed by atoms with E-state index in [0.717, 1.165) is 48.2 Å². The Balaban J connectivity index is 2.11. The Kier molecular flexibility index (Phi) is 6.43. The molecule has 0 bridgehead atoms. The zero-order valence-corrected chi connectivity index (χ0v) is 13.9. The lowest BCUT2D eigenvalue weighted by Gasteiger charge is -2.19. The van der Waals surface area contributed by atoms with Crippen LogP contribution < -0.4 is 5.32 Å². The number of H-pyrrole nitrogens is 1. The molecule has 2 aromatic heterocycles. The van der Waals surface area contributed by atoms with Crippen LogP contribution in [-0.4, -0.2) is 21.2 Å². The van der Waals surface area contributed by atoms with Crippen molar-refractivity contribution in [1.29, 1.82) is 0 Å². The highest BCUT2D eigenvalue weighted by molar-refractivity contribution is 5.65. The molecule has 0 unspecified atom stereocenters. The predicted octanol–water partition coefficient (Wildman–Crippen LogP) is 3.73. The third kappa shape index (κ3) is 5.00. The summed E-state index contributed by atoms with van der Waals surface area (Å²) in [5.74, 6) is 6.25. The summed E-state index contributed by atoms with van der Waals surface area (Å²) in [6.45, 7) is 8.55. The standard InChI is InChI=1S/C19H24N4/c1-4-7-18(8-5-2)22-15(3)19-17(14-21-23-19)11-10-16-9-6-12-20-13-16/h6,9,12-14,18,22H,3-5,7-8H2,1-2H3,(H,21,23). The van der Waals surface area contributed by atoms with E-state index in [2.05, 4.69) is 52.8 Å². The second-order valence-electron chi connectivity index (χ2n) is 5.54. The molecule has 0 saturated carbocycles. The quantitative estimate of drug-likeness (QED) is 0.766. The molecular formula is C19H24N4. The first-order chi connectivity index (χ1) is 11.2. The predicted molar refractivity (Wildman–Crippen MR) is 94.6 cm³/mol. The Labute approximate surface area is 138 Å². The third-order valence-electron chi connectivity index (χ3n) is 3.58. The fraction of sp³-hybridized carbons (Fsp3) is 0.368. The van der Waals surface area contributed by atoms with E-state index in [1.165, 1.54) is 0 Å². The molecule has 0 spiro atoms. The van der Waals surface area contributed by atoms with Crippen LogP contribution in [0.5, 0.6) is 0 Å². The van der Waals surface area contributed by atoms with Crippen molar-refractivity contribution in [2.24, 2.45) is 0 Å². The highest BCUT2D eigenvalue weighted by Crippen LogP contribution is 2.15. The van der Waals surface area contributed by atoms with Gasteiger partial charge in [0.15, 0.2) is 0 Å². The number of hydrogen-bond acceptors (Lipinski definition) is 3. The second-order valence-corrected chi connectivity index (χ2v) is 5.54. The van der Waals surface area contributed by atoms with Crippen LogP contribution >= 0.6 is 0 Å². The number of nitrogens with one attached hydrogen (secondary N) is 2. The van der Waals surface area contributed by atoms with E-state index >= 15 is 0 Å². The molecule has 2 N–H and O–H groups in total. The number of rotatable bonds is 7. The Bertz CT molecular complexity index is 670. The molecule has 0 amide bonds. The van der Waals surface area contributed by atoms with Gasteiger partial charge in [0, 0.05) is 30.2 Å². The van der Waals surface area contributed by atoms with Crippen LogP contribution in [0.2, 0.25) is 0 Å². The summed E-state index contributed by atoms with van der Waals surface area (Å²) in [5, 5.41) is 10.7. The van der Waals surface area contributed by atoms with Gasteiger partial charge in [0.1, 0.15) is 5.69 Å². The number of aromatic amines is 1. The van der Waals surface area contributed by atoms with Gasteiger partial charge in [0.25, 0.3) is 0 Å². The van der Waals surface area contributed by atoms with E-state index in [1.54, 1.807) is 18.6 Å². The molecule has 0 aliphatic rings. The summed E-state index contributed by atoms with van der Waals surface area (Å²) in [5.41, 5.74) is 3.35. The zero-order chi connectivity index (χ0) is 16.5. The SMILES string of the molecule is C=C(NC(CCC)CCC)c1n[nH]cc1C#Cc1cccnc1. The summed E-state index contributed by atoms with van der Waals surface area (Å²) in [7, 11) is 0. The second kappa shape index (κ2) is 8.79. The van der Waals surface area contributed by atoms with Gasteiger partial charge >= 0.3 is 0 Å². The third-order valence-corrected chi connectivity index (χ3v) is 3.58. The topological polar surface area (TPSA) is 53.6 Å². The molecule has 2 heterocycles. The molecule has 0 fully saturated rings. The maximum atomic E-state index is 4.30. The molecule has 0 radical (unpaired) electrons. The van der Waals surface area contributed by atoms with Crippen LogP contribution in [0.1, 0.15) is 56.4 Å². The molecule has 120 valence electrons. The van der Waals surface area contributed by atoms with Crippen molar-refractivity contribution >= 4 is 5.70 Å². The number of hydrogen-bond donors (Lipinski definition) is 2. The number of pyridine rings is 1. The maximum Gasteiger partial charge on any atom is 0.123 e. The van der Waals surface area contributed by atoms with Crippen molar-refractivity contribution in [3.8, 4) is 11.8 Å². The van der Waals surface area contributed by atoms with Gasteiger partial charge in [0.05, 0.1) is 11.3 Å². The fourth-order valence-electron chi connectivity index (χ4n) is 2.49. The van der Waals surface area contributed by atoms with Gasteiger partial charge in [-0.3, -0.25) is 10.1 Å². The van der Waals surface area contributed by atoms with Crippen molar-refractivity contribution in [3.05, 3.63) is 54.1 Å². The summed E-state index contributed by atoms with van der Waals surface area (Å²) < 4.78 is 0. The van der Waals surface area contributed by atoms with Crippen LogP contribution in [0.3, 0.4) is 0 Å².